The topological polar surface area (TPSA) is 103 Å². The first-order valence-corrected chi connectivity index (χ1v) is 8.86. The fraction of sp³-hybridized carbons (Fsp3) is 0.250. The summed E-state index contributed by atoms with van der Waals surface area (Å²) in [7, 11) is 1.44. The van der Waals surface area contributed by atoms with E-state index in [2.05, 4.69) is 10.3 Å². The van der Waals surface area contributed by atoms with Gasteiger partial charge in [0.2, 0.25) is 11.9 Å². The van der Waals surface area contributed by atoms with E-state index in [-0.39, 0.29) is 18.1 Å². The van der Waals surface area contributed by atoms with Gasteiger partial charge in [-0.15, -0.1) is 0 Å². The molecule has 2 N–H and O–H groups in total. The number of aromatic hydroxyl groups is 1. The Bertz CT molecular complexity index is 1070. The number of nitrogens with zero attached hydrogens (tertiary/aromatic N) is 2. The number of fused-ring (bicyclic) bond motifs is 3. The van der Waals surface area contributed by atoms with Crippen molar-refractivity contribution in [1.82, 2.24) is 9.55 Å². The lowest BCUT2D eigenvalue weighted by Crippen LogP contribution is -2.43. The Morgan fingerprint density at radius 1 is 1.29 bits per heavy atom. The highest BCUT2D eigenvalue weighted by atomic mass is 16.5. The molecule has 1 aromatic heterocycles. The summed E-state index contributed by atoms with van der Waals surface area (Å²) in [5, 5.41) is 12.7. The number of carbonyl (C=O) groups is 2. The number of esters is 1. The molecule has 2 atom stereocenters. The fourth-order valence-corrected chi connectivity index (χ4v) is 3.58. The van der Waals surface area contributed by atoms with Crippen LogP contribution in [0.5, 0.6) is 11.5 Å². The van der Waals surface area contributed by atoms with Crippen molar-refractivity contribution in [2.45, 2.75) is 13.0 Å². The second kappa shape index (κ2) is 6.88. The Kier molecular flexibility index (Phi) is 4.38. The number of imidazole rings is 1. The molecule has 4 rings (SSSR count). The smallest absolute Gasteiger partial charge is 0.321 e. The lowest BCUT2D eigenvalue weighted by Gasteiger charge is -2.32. The molecule has 0 saturated carbocycles. The predicted molar refractivity (Wildman–Crippen MR) is 101 cm³/mol. The number of benzene rings is 2. The number of rotatable bonds is 4. The quantitative estimate of drug-likeness (QED) is 0.532. The van der Waals surface area contributed by atoms with Gasteiger partial charge in [-0.2, -0.15) is 0 Å². The number of hydrogen-bond donors (Lipinski definition) is 2. The maximum atomic E-state index is 12.8. The van der Waals surface area contributed by atoms with Crippen LogP contribution in [-0.4, -0.2) is 40.3 Å². The number of anilines is 1. The summed E-state index contributed by atoms with van der Waals surface area (Å²) in [5.74, 6) is -1.66. The minimum atomic E-state index is -1.11. The number of para-hydroxylation sites is 2. The zero-order valence-corrected chi connectivity index (χ0v) is 15.4. The molecular formula is C20H19N3O5. The van der Waals surface area contributed by atoms with Gasteiger partial charge in [0.15, 0.2) is 17.4 Å². The number of carbonyl (C=O) groups excluding carboxylic acids is 2. The molecule has 0 fully saturated rings. The van der Waals surface area contributed by atoms with Crippen molar-refractivity contribution in [3.05, 3.63) is 48.0 Å². The van der Waals surface area contributed by atoms with Gasteiger partial charge >= 0.3 is 5.97 Å². The average molecular weight is 381 g/mol. The second-order valence-electron chi connectivity index (χ2n) is 6.39. The summed E-state index contributed by atoms with van der Waals surface area (Å²) >= 11 is 0. The zero-order chi connectivity index (χ0) is 19.8. The SMILES string of the molecule is CCOC(=O)[C@@H]1C(=O)Nc2nc3ccccc3n2[C@@H]1c1ccc(O)c(OC)c1. The third-order valence-electron chi connectivity index (χ3n) is 4.79. The van der Waals surface area contributed by atoms with E-state index in [4.69, 9.17) is 9.47 Å². The maximum Gasteiger partial charge on any atom is 0.321 e. The van der Waals surface area contributed by atoms with E-state index < -0.39 is 23.8 Å². The molecule has 0 radical (unpaired) electrons. The minimum absolute atomic E-state index is 0.0325. The summed E-state index contributed by atoms with van der Waals surface area (Å²) in [6.45, 7) is 1.85. The third-order valence-corrected chi connectivity index (χ3v) is 4.79. The van der Waals surface area contributed by atoms with E-state index in [0.29, 0.717) is 17.0 Å². The molecule has 144 valence electrons. The van der Waals surface area contributed by atoms with Crippen molar-refractivity contribution in [2.24, 2.45) is 5.92 Å². The van der Waals surface area contributed by atoms with Crippen LogP contribution in [0.15, 0.2) is 42.5 Å². The molecule has 1 amide bonds. The van der Waals surface area contributed by atoms with Gasteiger partial charge in [0, 0.05) is 0 Å². The summed E-state index contributed by atoms with van der Waals surface area (Å²) < 4.78 is 12.2. The Morgan fingerprint density at radius 3 is 2.82 bits per heavy atom. The lowest BCUT2D eigenvalue weighted by atomic mass is 9.90. The summed E-state index contributed by atoms with van der Waals surface area (Å²) in [5.41, 5.74) is 2.08. The normalized spacial score (nSPS) is 18.4. The molecule has 2 heterocycles. The van der Waals surface area contributed by atoms with Gasteiger partial charge in [-0.05, 0) is 36.8 Å². The Labute approximate surface area is 160 Å². The van der Waals surface area contributed by atoms with E-state index >= 15 is 0 Å². The number of hydrogen-bond acceptors (Lipinski definition) is 6. The predicted octanol–water partition coefficient (Wildman–Crippen LogP) is 2.47. The van der Waals surface area contributed by atoms with Gasteiger partial charge in [0.25, 0.3) is 0 Å². The zero-order valence-electron chi connectivity index (χ0n) is 15.4. The molecule has 8 heteroatoms. The number of phenolic OH excluding ortho intramolecular Hbond substituents is 1. The van der Waals surface area contributed by atoms with Crippen LogP contribution in [0.4, 0.5) is 5.95 Å². The number of aromatic nitrogens is 2. The highest BCUT2D eigenvalue weighted by molar-refractivity contribution is 6.07. The molecule has 0 aliphatic carbocycles. The second-order valence-corrected chi connectivity index (χ2v) is 6.39. The molecule has 0 unspecified atom stereocenters. The Morgan fingerprint density at radius 2 is 2.07 bits per heavy atom. The third kappa shape index (κ3) is 2.74. The number of methoxy groups -OCH3 is 1. The fourth-order valence-electron chi connectivity index (χ4n) is 3.58. The number of phenols is 1. The van der Waals surface area contributed by atoms with Gasteiger partial charge in [-0.25, -0.2) is 4.98 Å². The van der Waals surface area contributed by atoms with Crippen molar-refractivity contribution >= 4 is 28.9 Å². The largest absolute Gasteiger partial charge is 0.504 e. The Balaban J connectivity index is 1.97. The molecule has 0 spiro atoms. The van der Waals surface area contributed by atoms with Crippen LogP contribution >= 0.6 is 0 Å². The van der Waals surface area contributed by atoms with E-state index in [1.807, 2.05) is 28.8 Å². The first-order valence-electron chi connectivity index (χ1n) is 8.86. The van der Waals surface area contributed by atoms with Gasteiger partial charge < -0.3 is 19.1 Å². The van der Waals surface area contributed by atoms with Crippen molar-refractivity contribution in [2.75, 3.05) is 19.0 Å². The first-order chi connectivity index (χ1) is 13.5. The molecule has 0 saturated heterocycles. The highest BCUT2D eigenvalue weighted by Gasteiger charge is 2.44. The van der Waals surface area contributed by atoms with Crippen LogP contribution in [0.3, 0.4) is 0 Å². The number of ether oxygens (including phenoxy) is 2. The van der Waals surface area contributed by atoms with Crippen LogP contribution < -0.4 is 10.1 Å². The Hall–Kier alpha value is -3.55. The number of nitrogens with one attached hydrogen (secondary N) is 1. The summed E-state index contributed by atoms with van der Waals surface area (Å²) in [6.07, 6.45) is 0. The average Bonchev–Trinajstić information content (AvgIpc) is 3.05. The molecule has 8 nitrogen and oxygen atoms in total. The maximum absolute atomic E-state index is 12.8. The standard InChI is InChI=1S/C20H19N3O5/c1-3-28-19(26)16-17(11-8-9-14(24)15(10-11)27-2)23-13-7-5-4-6-12(13)21-20(23)22-18(16)25/h4-10,16-17,24H,3H2,1-2H3,(H,21,22,25)/t16-,17+/m0/s1. The lowest BCUT2D eigenvalue weighted by molar-refractivity contribution is -0.152. The monoisotopic (exact) mass is 381 g/mol. The van der Waals surface area contributed by atoms with E-state index in [1.54, 1.807) is 19.1 Å². The van der Waals surface area contributed by atoms with Crippen molar-refractivity contribution in [3.63, 3.8) is 0 Å². The van der Waals surface area contributed by atoms with Crippen LogP contribution in [-0.2, 0) is 14.3 Å². The molecule has 2 aromatic carbocycles. The summed E-state index contributed by atoms with van der Waals surface area (Å²) in [6, 6.07) is 11.5. The summed E-state index contributed by atoms with van der Waals surface area (Å²) in [4.78, 5) is 30.0. The van der Waals surface area contributed by atoms with Crippen molar-refractivity contribution in [1.29, 1.82) is 0 Å². The van der Waals surface area contributed by atoms with E-state index in [1.165, 1.54) is 13.2 Å². The highest BCUT2D eigenvalue weighted by Crippen LogP contribution is 2.40. The van der Waals surface area contributed by atoms with Crippen LogP contribution in [0.2, 0.25) is 0 Å². The minimum Gasteiger partial charge on any atom is -0.504 e. The van der Waals surface area contributed by atoms with Gasteiger partial charge in [0.1, 0.15) is 0 Å². The van der Waals surface area contributed by atoms with Gasteiger partial charge in [0.05, 0.1) is 30.8 Å². The van der Waals surface area contributed by atoms with Crippen molar-refractivity contribution in [3.8, 4) is 11.5 Å². The molecule has 1 aliphatic heterocycles. The van der Waals surface area contributed by atoms with Crippen molar-refractivity contribution < 1.29 is 24.2 Å². The van der Waals surface area contributed by atoms with Gasteiger partial charge in [-0.3, -0.25) is 14.9 Å². The molecular weight excluding hydrogens is 362 g/mol. The van der Waals surface area contributed by atoms with Crippen LogP contribution in [0.25, 0.3) is 11.0 Å². The molecule has 0 bridgehead atoms. The van der Waals surface area contributed by atoms with E-state index in [9.17, 15) is 14.7 Å². The van der Waals surface area contributed by atoms with Gasteiger partial charge in [-0.1, -0.05) is 18.2 Å². The van der Waals surface area contributed by atoms with Crippen LogP contribution in [0, 0.1) is 5.92 Å². The molecule has 3 aromatic rings. The number of amides is 1. The molecule has 28 heavy (non-hydrogen) atoms. The van der Waals surface area contributed by atoms with E-state index in [0.717, 1.165) is 5.52 Å². The molecule has 1 aliphatic rings. The van der Waals surface area contributed by atoms with Crippen LogP contribution in [0.1, 0.15) is 18.5 Å². The first kappa shape index (κ1) is 17.8.